The van der Waals surface area contributed by atoms with Crippen LogP contribution in [0.1, 0.15) is 5.69 Å². The summed E-state index contributed by atoms with van der Waals surface area (Å²) in [7, 11) is 0. The van der Waals surface area contributed by atoms with Crippen molar-refractivity contribution in [3.63, 3.8) is 0 Å². The molecular formula is C10H7FN4. The molecule has 0 aliphatic heterocycles. The Morgan fingerprint density at radius 2 is 2.13 bits per heavy atom. The van der Waals surface area contributed by atoms with E-state index in [0.717, 1.165) is 0 Å². The monoisotopic (exact) mass is 202 g/mol. The Balaban J connectivity index is 2.61. The van der Waals surface area contributed by atoms with Gasteiger partial charge in [-0.15, -0.1) is 0 Å². The summed E-state index contributed by atoms with van der Waals surface area (Å²) < 4.78 is 14.7. The fraction of sp³-hybridized carbons (Fsp3) is 0. The normalized spacial score (nSPS) is 9.87. The van der Waals surface area contributed by atoms with E-state index >= 15 is 0 Å². The molecule has 5 heteroatoms. The van der Waals surface area contributed by atoms with E-state index in [0.29, 0.717) is 0 Å². The van der Waals surface area contributed by atoms with E-state index in [9.17, 15) is 4.39 Å². The third-order valence-electron chi connectivity index (χ3n) is 2.02. The van der Waals surface area contributed by atoms with Crippen LogP contribution in [0.5, 0.6) is 0 Å². The lowest BCUT2D eigenvalue weighted by Gasteiger charge is -2.04. The topological polar surface area (TPSA) is 67.6 Å². The average Bonchev–Trinajstić information content (AvgIpc) is 2.60. The Labute approximate surface area is 85.4 Å². The molecule has 0 aliphatic rings. The highest BCUT2D eigenvalue weighted by Gasteiger charge is 2.10. The van der Waals surface area contributed by atoms with Crippen molar-refractivity contribution in [1.29, 1.82) is 5.26 Å². The lowest BCUT2D eigenvalue weighted by atomic mass is 10.3. The van der Waals surface area contributed by atoms with Gasteiger partial charge in [-0.2, -0.15) is 5.26 Å². The summed E-state index contributed by atoms with van der Waals surface area (Å²) in [5, 5.41) is 8.65. The van der Waals surface area contributed by atoms with Crippen LogP contribution in [-0.2, 0) is 0 Å². The van der Waals surface area contributed by atoms with Gasteiger partial charge >= 0.3 is 0 Å². The first kappa shape index (κ1) is 9.21. The van der Waals surface area contributed by atoms with Crippen molar-refractivity contribution in [3.8, 4) is 11.8 Å². The number of benzene rings is 1. The first-order chi connectivity index (χ1) is 7.24. The second kappa shape index (κ2) is 3.42. The summed E-state index contributed by atoms with van der Waals surface area (Å²) in [6.45, 7) is 0. The van der Waals surface area contributed by atoms with Crippen LogP contribution in [0, 0.1) is 17.1 Å². The number of halogens is 1. The summed E-state index contributed by atoms with van der Waals surface area (Å²) >= 11 is 0. The minimum atomic E-state index is -0.411. The number of nitrogen functional groups attached to an aromatic ring is 1. The minimum Gasteiger partial charge on any atom is -0.382 e. The van der Waals surface area contributed by atoms with Crippen LogP contribution in [-0.4, -0.2) is 9.55 Å². The third-order valence-corrected chi connectivity index (χ3v) is 2.02. The number of hydrogen-bond acceptors (Lipinski definition) is 3. The van der Waals surface area contributed by atoms with Crippen molar-refractivity contribution < 1.29 is 4.39 Å². The summed E-state index contributed by atoms with van der Waals surface area (Å²) in [4.78, 5) is 3.76. The molecule has 1 aromatic heterocycles. The van der Waals surface area contributed by atoms with Crippen molar-refractivity contribution in [1.82, 2.24) is 9.55 Å². The highest BCUT2D eigenvalue weighted by molar-refractivity contribution is 5.51. The molecule has 0 saturated heterocycles. The maximum Gasteiger partial charge on any atom is 0.182 e. The molecule has 74 valence electrons. The largest absolute Gasteiger partial charge is 0.382 e. The van der Waals surface area contributed by atoms with E-state index in [1.807, 2.05) is 6.07 Å². The molecule has 4 nitrogen and oxygen atoms in total. The number of aromatic nitrogens is 2. The molecule has 0 spiro atoms. The van der Waals surface area contributed by atoms with Crippen LogP contribution >= 0.6 is 0 Å². The number of anilines is 1. The number of nitrogens with two attached hydrogens (primary N) is 1. The van der Waals surface area contributed by atoms with Gasteiger partial charge in [-0.25, -0.2) is 9.37 Å². The van der Waals surface area contributed by atoms with Gasteiger partial charge in [0.15, 0.2) is 5.69 Å². The smallest absolute Gasteiger partial charge is 0.182 e. The van der Waals surface area contributed by atoms with Crippen LogP contribution in [0.15, 0.2) is 30.6 Å². The number of nitrogens with zero attached hydrogens (tertiary/aromatic N) is 3. The molecule has 0 aliphatic carbocycles. The molecule has 0 bridgehead atoms. The minimum absolute atomic E-state index is 0.0956. The summed E-state index contributed by atoms with van der Waals surface area (Å²) in [5.41, 5.74) is 6.00. The van der Waals surface area contributed by atoms with E-state index in [4.69, 9.17) is 11.0 Å². The maximum absolute atomic E-state index is 13.4. The van der Waals surface area contributed by atoms with Crippen LogP contribution in [0.3, 0.4) is 0 Å². The molecule has 1 aromatic carbocycles. The van der Waals surface area contributed by atoms with Gasteiger partial charge in [-0.05, 0) is 12.1 Å². The summed E-state index contributed by atoms with van der Waals surface area (Å²) in [6.07, 6.45) is 1.33. The van der Waals surface area contributed by atoms with Crippen molar-refractivity contribution in [2.24, 2.45) is 0 Å². The van der Waals surface area contributed by atoms with Crippen molar-refractivity contribution in [2.75, 3.05) is 5.73 Å². The number of nitriles is 1. The Morgan fingerprint density at radius 3 is 2.73 bits per heavy atom. The van der Waals surface area contributed by atoms with Gasteiger partial charge in [0.2, 0.25) is 0 Å². The predicted octanol–water partition coefficient (Wildman–Crippen LogP) is 1.47. The lowest BCUT2D eigenvalue weighted by molar-refractivity contribution is 0.618. The Bertz CT molecular complexity index is 539. The SMILES string of the molecule is N#Cc1ncn(-c2ccccc2F)c1N. The van der Waals surface area contributed by atoms with Gasteiger partial charge in [-0.3, -0.25) is 4.57 Å². The molecule has 0 atom stereocenters. The fourth-order valence-corrected chi connectivity index (χ4v) is 1.28. The zero-order chi connectivity index (χ0) is 10.8. The summed E-state index contributed by atoms with van der Waals surface area (Å²) in [6, 6.07) is 7.97. The van der Waals surface area contributed by atoms with Gasteiger partial charge in [0.25, 0.3) is 0 Å². The quantitative estimate of drug-likeness (QED) is 0.761. The highest BCUT2D eigenvalue weighted by Crippen LogP contribution is 2.18. The van der Waals surface area contributed by atoms with Crippen LogP contribution in [0.2, 0.25) is 0 Å². The molecule has 0 radical (unpaired) electrons. The molecule has 0 saturated carbocycles. The highest BCUT2D eigenvalue weighted by atomic mass is 19.1. The van der Waals surface area contributed by atoms with E-state index in [1.165, 1.54) is 17.0 Å². The van der Waals surface area contributed by atoms with Gasteiger partial charge in [0.05, 0.1) is 5.69 Å². The zero-order valence-electron chi connectivity index (χ0n) is 7.68. The molecule has 0 unspecified atom stereocenters. The fourth-order valence-electron chi connectivity index (χ4n) is 1.28. The Kier molecular flexibility index (Phi) is 2.10. The Hall–Kier alpha value is -2.35. The number of imidazole rings is 1. The first-order valence-corrected chi connectivity index (χ1v) is 4.22. The van der Waals surface area contributed by atoms with Gasteiger partial charge < -0.3 is 5.73 Å². The second-order valence-electron chi connectivity index (χ2n) is 2.91. The standard InChI is InChI=1S/C10H7FN4/c11-7-3-1-2-4-9(7)15-6-14-8(5-12)10(15)13/h1-4,6H,13H2. The van der Waals surface area contributed by atoms with Crippen LogP contribution in [0.25, 0.3) is 5.69 Å². The van der Waals surface area contributed by atoms with Gasteiger partial charge in [0, 0.05) is 0 Å². The first-order valence-electron chi connectivity index (χ1n) is 4.22. The van der Waals surface area contributed by atoms with E-state index in [2.05, 4.69) is 4.98 Å². The van der Waals surface area contributed by atoms with Gasteiger partial charge in [-0.1, -0.05) is 12.1 Å². The lowest BCUT2D eigenvalue weighted by Crippen LogP contribution is -2.01. The van der Waals surface area contributed by atoms with Crippen LogP contribution < -0.4 is 5.73 Å². The molecular weight excluding hydrogens is 195 g/mol. The van der Waals surface area contributed by atoms with E-state index < -0.39 is 5.82 Å². The third kappa shape index (κ3) is 1.42. The maximum atomic E-state index is 13.4. The van der Waals surface area contributed by atoms with Gasteiger partial charge in [0.1, 0.15) is 24.0 Å². The van der Waals surface area contributed by atoms with Crippen molar-refractivity contribution in [2.45, 2.75) is 0 Å². The molecule has 1 heterocycles. The van der Waals surface area contributed by atoms with Crippen molar-refractivity contribution in [3.05, 3.63) is 42.1 Å². The molecule has 15 heavy (non-hydrogen) atoms. The molecule has 2 aromatic rings. The Morgan fingerprint density at radius 1 is 1.40 bits per heavy atom. The number of rotatable bonds is 1. The number of hydrogen-bond donors (Lipinski definition) is 1. The second-order valence-corrected chi connectivity index (χ2v) is 2.91. The number of para-hydroxylation sites is 1. The van der Waals surface area contributed by atoms with Crippen molar-refractivity contribution >= 4 is 5.82 Å². The molecule has 2 rings (SSSR count). The molecule has 0 fully saturated rings. The summed E-state index contributed by atoms with van der Waals surface area (Å²) in [5.74, 6) is -0.270. The average molecular weight is 202 g/mol. The molecule has 0 amide bonds. The molecule has 2 N–H and O–H groups in total. The predicted molar refractivity (Wildman–Crippen MR) is 52.6 cm³/mol. The van der Waals surface area contributed by atoms with E-state index in [-0.39, 0.29) is 17.2 Å². The van der Waals surface area contributed by atoms with Crippen LogP contribution in [0.4, 0.5) is 10.2 Å². The zero-order valence-corrected chi connectivity index (χ0v) is 7.68. The van der Waals surface area contributed by atoms with E-state index in [1.54, 1.807) is 18.2 Å².